The van der Waals surface area contributed by atoms with Crippen LogP contribution in [0.3, 0.4) is 0 Å². The molecule has 4 nitrogen and oxygen atoms in total. The number of nitrogen functional groups attached to an aromatic ring is 1. The number of anilines is 2. The van der Waals surface area contributed by atoms with Crippen molar-refractivity contribution in [3.05, 3.63) is 23.8 Å². The van der Waals surface area contributed by atoms with Crippen LogP contribution < -0.4 is 11.1 Å². The van der Waals surface area contributed by atoms with Gasteiger partial charge >= 0.3 is 0 Å². The topological polar surface area (TPSA) is 82.1 Å². The first-order chi connectivity index (χ1) is 8.84. The summed E-state index contributed by atoms with van der Waals surface area (Å²) in [5.74, 6) is 0.442. The third kappa shape index (κ3) is 5.19. The number of rotatable bonds is 6. The molecule has 4 heteroatoms. The molecule has 0 saturated heterocycles. The van der Waals surface area contributed by atoms with E-state index in [-0.39, 0.29) is 0 Å². The number of nitrogens with two attached hydrogens (primary N) is 1. The molecule has 104 valence electrons. The van der Waals surface area contributed by atoms with E-state index in [1.54, 1.807) is 6.07 Å². The minimum atomic E-state index is -0.745. The highest BCUT2D eigenvalue weighted by Crippen LogP contribution is 2.21. The Morgan fingerprint density at radius 1 is 1.47 bits per heavy atom. The van der Waals surface area contributed by atoms with Crippen LogP contribution in [0.4, 0.5) is 11.4 Å². The first kappa shape index (κ1) is 15.3. The van der Waals surface area contributed by atoms with Crippen molar-refractivity contribution in [2.45, 2.75) is 39.2 Å². The summed E-state index contributed by atoms with van der Waals surface area (Å²) in [6.45, 7) is 6.47. The normalized spacial score (nSPS) is 13.9. The molecule has 4 N–H and O–H groups in total. The molecule has 1 aromatic carbocycles. The Morgan fingerprint density at radius 3 is 2.74 bits per heavy atom. The Bertz CT molecular complexity index is 461. The Labute approximate surface area is 115 Å². The van der Waals surface area contributed by atoms with Crippen molar-refractivity contribution in [2.75, 3.05) is 17.6 Å². The molecular weight excluding hydrogens is 238 g/mol. The average Bonchev–Trinajstić information content (AvgIpc) is 2.29. The molecule has 0 aliphatic heterocycles. The zero-order valence-corrected chi connectivity index (χ0v) is 11.9. The third-order valence-corrected chi connectivity index (χ3v) is 2.93. The maximum absolute atomic E-state index is 10.2. The van der Waals surface area contributed by atoms with Crippen LogP contribution in [0, 0.1) is 17.2 Å². The zero-order chi connectivity index (χ0) is 14.5. The molecule has 1 aromatic rings. The fraction of sp³-hybridized carbons (Fsp3) is 0.533. The lowest BCUT2D eigenvalue weighted by molar-refractivity contribution is 0.0515. The van der Waals surface area contributed by atoms with Gasteiger partial charge in [-0.15, -0.1) is 0 Å². The van der Waals surface area contributed by atoms with Gasteiger partial charge in [-0.1, -0.05) is 13.8 Å². The lowest BCUT2D eigenvalue weighted by Crippen LogP contribution is -2.34. The molecule has 0 aromatic heterocycles. The maximum atomic E-state index is 10.2. The van der Waals surface area contributed by atoms with Crippen molar-refractivity contribution < 1.29 is 5.11 Å². The molecule has 0 bridgehead atoms. The van der Waals surface area contributed by atoms with E-state index < -0.39 is 5.60 Å². The second-order valence-electron chi connectivity index (χ2n) is 5.70. The van der Waals surface area contributed by atoms with Crippen LogP contribution in [-0.2, 0) is 6.42 Å². The van der Waals surface area contributed by atoms with Crippen molar-refractivity contribution in [3.63, 3.8) is 0 Å². The summed E-state index contributed by atoms with van der Waals surface area (Å²) in [6.07, 6.45) is 1.03. The number of nitrogens with one attached hydrogen (secondary N) is 1. The minimum Gasteiger partial charge on any atom is -0.398 e. The summed E-state index contributed by atoms with van der Waals surface area (Å²) in [4.78, 5) is 0. The van der Waals surface area contributed by atoms with Crippen molar-refractivity contribution in [1.29, 1.82) is 5.26 Å². The fourth-order valence-corrected chi connectivity index (χ4v) is 2.20. The summed E-state index contributed by atoms with van der Waals surface area (Å²) < 4.78 is 0. The third-order valence-electron chi connectivity index (χ3n) is 2.93. The Kier molecular flexibility index (Phi) is 5.20. The van der Waals surface area contributed by atoms with E-state index in [9.17, 15) is 5.11 Å². The summed E-state index contributed by atoms with van der Waals surface area (Å²) in [5, 5.41) is 22.2. The highest BCUT2D eigenvalue weighted by atomic mass is 16.3. The predicted octanol–water partition coefficient (Wildman–Crippen LogP) is 2.54. The van der Waals surface area contributed by atoms with E-state index in [1.807, 2.05) is 19.1 Å². The van der Waals surface area contributed by atoms with E-state index in [0.717, 1.165) is 17.7 Å². The number of nitriles is 1. The second-order valence-corrected chi connectivity index (χ2v) is 5.70. The highest BCUT2D eigenvalue weighted by molar-refractivity contribution is 5.58. The van der Waals surface area contributed by atoms with Crippen LogP contribution in [-0.4, -0.2) is 17.3 Å². The quantitative estimate of drug-likeness (QED) is 0.687. The molecule has 0 radical (unpaired) electrons. The van der Waals surface area contributed by atoms with Crippen molar-refractivity contribution in [1.82, 2.24) is 0 Å². The molecule has 1 atom stereocenters. The van der Waals surface area contributed by atoms with Gasteiger partial charge in [-0.05, 0) is 43.0 Å². The molecule has 0 fully saturated rings. The molecular formula is C15H23N3O. The zero-order valence-electron chi connectivity index (χ0n) is 11.9. The smallest absolute Gasteiger partial charge is 0.0793 e. The van der Waals surface area contributed by atoms with Gasteiger partial charge in [0.1, 0.15) is 0 Å². The van der Waals surface area contributed by atoms with Crippen LogP contribution in [0.1, 0.15) is 32.8 Å². The number of hydrogen-bond acceptors (Lipinski definition) is 4. The largest absolute Gasteiger partial charge is 0.398 e. The second kappa shape index (κ2) is 6.44. The van der Waals surface area contributed by atoms with Gasteiger partial charge < -0.3 is 16.2 Å². The SMILES string of the molecule is CC(C)CC(C)(O)CNc1ccc(N)c(CC#N)c1. The Morgan fingerprint density at radius 2 is 2.16 bits per heavy atom. The maximum Gasteiger partial charge on any atom is 0.0793 e. The fourth-order valence-electron chi connectivity index (χ4n) is 2.20. The lowest BCUT2D eigenvalue weighted by Gasteiger charge is -2.26. The Hall–Kier alpha value is -1.73. The van der Waals surface area contributed by atoms with E-state index in [0.29, 0.717) is 24.6 Å². The first-order valence-electron chi connectivity index (χ1n) is 6.55. The number of nitrogens with zero attached hydrogens (tertiary/aromatic N) is 1. The van der Waals surface area contributed by atoms with Gasteiger partial charge in [-0.3, -0.25) is 0 Å². The van der Waals surface area contributed by atoms with Gasteiger partial charge in [0.05, 0.1) is 18.1 Å². The highest BCUT2D eigenvalue weighted by Gasteiger charge is 2.21. The van der Waals surface area contributed by atoms with E-state index in [1.165, 1.54) is 0 Å². The molecule has 0 aliphatic rings. The molecule has 0 amide bonds. The molecule has 1 unspecified atom stereocenters. The predicted molar refractivity (Wildman–Crippen MR) is 78.7 cm³/mol. The monoisotopic (exact) mass is 261 g/mol. The van der Waals surface area contributed by atoms with Gasteiger partial charge in [0.2, 0.25) is 0 Å². The summed E-state index contributed by atoms with van der Waals surface area (Å²) >= 11 is 0. The van der Waals surface area contributed by atoms with E-state index in [4.69, 9.17) is 11.0 Å². The summed E-state index contributed by atoms with van der Waals surface area (Å²) in [6, 6.07) is 7.61. The molecule has 0 saturated carbocycles. The number of hydrogen-bond donors (Lipinski definition) is 3. The Balaban J connectivity index is 2.68. The standard InChI is InChI=1S/C15H23N3O/c1-11(2)9-15(3,19)10-18-13-4-5-14(17)12(8-13)6-7-16/h4-5,8,11,18-19H,6,9-10,17H2,1-3H3. The van der Waals surface area contributed by atoms with Gasteiger partial charge in [0, 0.05) is 17.9 Å². The van der Waals surface area contributed by atoms with Crippen LogP contribution >= 0.6 is 0 Å². The molecule has 0 aliphatic carbocycles. The van der Waals surface area contributed by atoms with Gasteiger partial charge in [-0.2, -0.15) is 5.26 Å². The molecule has 1 rings (SSSR count). The van der Waals surface area contributed by atoms with Crippen molar-refractivity contribution in [2.24, 2.45) is 5.92 Å². The van der Waals surface area contributed by atoms with Gasteiger partial charge in [-0.25, -0.2) is 0 Å². The van der Waals surface area contributed by atoms with Crippen molar-refractivity contribution >= 4 is 11.4 Å². The number of aliphatic hydroxyl groups is 1. The lowest BCUT2D eigenvalue weighted by atomic mass is 9.94. The van der Waals surface area contributed by atoms with Crippen LogP contribution in [0.25, 0.3) is 0 Å². The average molecular weight is 261 g/mol. The van der Waals surface area contributed by atoms with Crippen LogP contribution in [0.15, 0.2) is 18.2 Å². The summed E-state index contributed by atoms with van der Waals surface area (Å²) in [5.41, 5.74) is 7.37. The molecule has 19 heavy (non-hydrogen) atoms. The van der Waals surface area contributed by atoms with Crippen LogP contribution in [0.5, 0.6) is 0 Å². The summed E-state index contributed by atoms with van der Waals surface area (Å²) in [7, 11) is 0. The van der Waals surface area contributed by atoms with Crippen LogP contribution in [0.2, 0.25) is 0 Å². The van der Waals surface area contributed by atoms with E-state index >= 15 is 0 Å². The molecule has 0 spiro atoms. The minimum absolute atomic E-state index is 0.295. The van der Waals surface area contributed by atoms with Gasteiger partial charge in [0.15, 0.2) is 0 Å². The number of benzene rings is 1. The van der Waals surface area contributed by atoms with Crippen molar-refractivity contribution in [3.8, 4) is 6.07 Å². The molecule has 0 heterocycles. The van der Waals surface area contributed by atoms with Gasteiger partial charge in [0.25, 0.3) is 0 Å². The first-order valence-corrected chi connectivity index (χ1v) is 6.55. The van der Waals surface area contributed by atoms with E-state index in [2.05, 4.69) is 25.2 Å².